The smallest absolute Gasteiger partial charge is 0.269 e. The van der Waals surface area contributed by atoms with Crippen LogP contribution in [0.5, 0.6) is 0 Å². The number of nitro benzene ring substituents is 1. The number of carbonyl (C=O) groups excluding carboxylic acids is 1. The van der Waals surface area contributed by atoms with Gasteiger partial charge >= 0.3 is 0 Å². The Kier molecular flexibility index (Phi) is 2.82. The van der Waals surface area contributed by atoms with E-state index in [0.717, 1.165) is 5.69 Å². The molecule has 0 spiro atoms. The lowest BCUT2D eigenvalue weighted by Crippen LogP contribution is -2.31. The lowest BCUT2D eigenvalue weighted by Gasteiger charge is -2.20. The first-order chi connectivity index (χ1) is 7.72. The molecule has 0 radical (unpaired) electrons. The number of ether oxygens (including phenoxy) is 1. The van der Waals surface area contributed by atoms with E-state index in [1.54, 1.807) is 17.0 Å². The minimum atomic E-state index is -0.582. The van der Waals surface area contributed by atoms with E-state index < -0.39 is 11.2 Å². The minimum absolute atomic E-state index is 0.0338. The van der Waals surface area contributed by atoms with Crippen LogP contribution in [0.2, 0.25) is 0 Å². The lowest BCUT2D eigenvalue weighted by molar-refractivity contribution is -0.384. The molecule has 1 aliphatic rings. The summed E-state index contributed by atoms with van der Waals surface area (Å²) in [6, 6.07) is 6.05. The predicted octanol–water partition coefficient (Wildman–Crippen LogP) is 0.956. The van der Waals surface area contributed by atoms with Gasteiger partial charge in [0.2, 0.25) is 0 Å². The molecule has 0 bridgehead atoms. The van der Waals surface area contributed by atoms with Crippen LogP contribution in [-0.2, 0) is 9.53 Å². The second-order valence-electron chi connectivity index (χ2n) is 3.36. The van der Waals surface area contributed by atoms with Crippen molar-refractivity contribution in [2.24, 2.45) is 0 Å². The third-order valence-electron chi connectivity index (χ3n) is 2.44. The summed E-state index contributed by atoms with van der Waals surface area (Å²) in [6.45, 7) is 1.10. The molecule has 0 saturated carbocycles. The highest BCUT2D eigenvalue weighted by Gasteiger charge is 2.25. The Labute approximate surface area is 91.6 Å². The number of hydrogen-bond acceptors (Lipinski definition) is 5. The molecule has 1 saturated heterocycles. The average molecular weight is 222 g/mol. The van der Waals surface area contributed by atoms with Crippen molar-refractivity contribution in [1.29, 1.82) is 0 Å². The van der Waals surface area contributed by atoms with Crippen molar-refractivity contribution in [2.45, 2.75) is 6.23 Å². The number of nitrogens with zero attached hydrogens (tertiary/aromatic N) is 2. The Morgan fingerprint density at radius 1 is 1.44 bits per heavy atom. The van der Waals surface area contributed by atoms with Gasteiger partial charge in [-0.3, -0.25) is 14.9 Å². The second kappa shape index (κ2) is 4.28. The van der Waals surface area contributed by atoms with Gasteiger partial charge in [0.15, 0.2) is 12.5 Å². The molecule has 1 fully saturated rings. The zero-order chi connectivity index (χ0) is 11.5. The zero-order valence-corrected chi connectivity index (χ0v) is 8.41. The van der Waals surface area contributed by atoms with Crippen LogP contribution in [0.4, 0.5) is 11.4 Å². The zero-order valence-electron chi connectivity index (χ0n) is 8.41. The first-order valence-corrected chi connectivity index (χ1v) is 4.80. The van der Waals surface area contributed by atoms with Crippen LogP contribution in [0.25, 0.3) is 0 Å². The summed E-state index contributed by atoms with van der Waals surface area (Å²) in [4.78, 5) is 22.5. The second-order valence-corrected chi connectivity index (χ2v) is 3.36. The van der Waals surface area contributed by atoms with E-state index in [0.29, 0.717) is 19.4 Å². The van der Waals surface area contributed by atoms with Gasteiger partial charge in [-0.15, -0.1) is 0 Å². The first kappa shape index (κ1) is 10.6. The number of anilines is 1. The Morgan fingerprint density at radius 2 is 2.12 bits per heavy atom. The molecule has 1 atom stereocenters. The summed E-state index contributed by atoms with van der Waals surface area (Å²) in [6.07, 6.45) is 0.135. The quantitative estimate of drug-likeness (QED) is 0.432. The molecule has 84 valence electrons. The van der Waals surface area contributed by atoms with Crippen LogP contribution in [0.1, 0.15) is 0 Å². The Balaban J connectivity index is 2.21. The maximum Gasteiger partial charge on any atom is 0.269 e. The highest BCUT2D eigenvalue weighted by Crippen LogP contribution is 2.23. The lowest BCUT2D eigenvalue weighted by atomic mass is 10.2. The number of benzene rings is 1. The summed E-state index contributed by atoms with van der Waals surface area (Å²) >= 11 is 0. The summed E-state index contributed by atoms with van der Waals surface area (Å²) in [5, 5.41) is 10.5. The van der Waals surface area contributed by atoms with Gasteiger partial charge in [-0.2, -0.15) is 0 Å². The maximum atomic E-state index is 10.7. The summed E-state index contributed by atoms with van der Waals surface area (Å²) < 4.78 is 5.17. The van der Waals surface area contributed by atoms with Crippen molar-refractivity contribution in [1.82, 2.24) is 0 Å². The normalized spacial score (nSPS) is 19.8. The monoisotopic (exact) mass is 222 g/mol. The van der Waals surface area contributed by atoms with Gasteiger partial charge in [0.1, 0.15) is 0 Å². The molecule has 1 heterocycles. The molecule has 0 N–H and O–H groups in total. The van der Waals surface area contributed by atoms with Gasteiger partial charge in [0.25, 0.3) is 5.69 Å². The molecule has 1 aromatic carbocycles. The topological polar surface area (TPSA) is 72.7 Å². The number of non-ortho nitro benzene ring substituents is 1. The molecule has 2 rings (SSSR count). The molecule has 16 heavy (non-hydrogen) atoms. The maximum absolute atomic E-state index is 10.7. The molecule has 1 aliphatic heterocycles. The van der Waals surface area contributed by atoms with Gasteiger partial charge in [0.05, 0.1) is 11.5 Å². The highest BCUT2D eigenvalue weighted by atomic mass is 16.6. The number of aldehydes is 1. The van der Waals surface area contributed by atoms with Crippen LogP contribution in [0.15, 0.2) is 24.3 Å². The van der Waals surface area contributed by atoms with Crippen molar-refractivity contribution < 1.29 is 14.5 Å². The van der Waals surface area contributed by atoms with Gasteiger partial charge in [-0.1, -0.05) is 0 Å². The summed E-state index contributed by atoms with van der Waals surface area (Å²) in [7, 11) is 0. The minimum Gasteiger partial charge on any atom is -0.349 e. The molecule has 0 amide bonds. The van der Waals surface area contributed by atoms with Gasteiger partial charge in [-0.05, 0) is 12.1 Å². The van der Waals surface area contributed by atoms with Crippen LogP contribution < -0.4 is 4.90 Å². The fraction of sp³-hybridized carbons (Fsp3) is 0.300. The predicted molar refractivity (Wildman–Crippen MR) is 56.2 cm³/mol. The number of carbonyl (C=O) groups is 1. The van der Waals surface area contributed by atoms with Crippen molar-refractivity contribution in [3.63, 3.8) is 0 Å². The van der Waals surface area contributed by atoms with Gasteiger partial charge in [-0.25, -0.2) is 0 Å². The molecule has 6 heteroatoms. The van der Waals surface area contributed by atoms with E-state index in [-0.39, 0.29) is 5.69 Å². The fourth-order valence-electron chi connectivity index (χ4n) is 1.64. The Hall–Kier alpha value is -1.95. The number of nitro groups is 1. The van der Waals surface area contributed by atoms with E-state index in [1.165, 1.54) is 12.1 Å². The summed E-state index contributed by atoms with van der Waals surface area (Å²) in [5.74, 6) is 0. The van der Waals surface area contributed by atoms with Gasteiger partial charge in [0, 0.05) is 24.4 Å². The van der Waals surface area contributed by atoms with Crippen molar-refractivity contribution >= 4 is 17.7 Å². The molecular weight excluding hydrogens is 212 g/mol. The first-order valence-electron chi connectivity index (χ1n) is 4.80. The molecule has 6 nitrogen and oxygen atoms in total. The van der Waals surface area contributed by atoms with Crippen LogP contribution in [-0.4, -0.2) is 30.6 Å². The van der Waals surface area contributed by atoms with E-state index in [1.807, 2.05) is 0 Å². The van der Waals surface area contributed by atoms with E-state index in [4.69, 9.17) is 4.74 Å². The highest BCUT2D eigenvalue weighted by molar-refractivity contribution is 5.65. The van der Waals surface area contributed by atoms with Crippen molar-refractivity contribution in [3.05, 3.63) is 34.4 Å². The van der Waals surface area contributed by atoms with E-state index >= 15 is 0 Å². The molecule has 0 aromatic heterocycles. The van der Waals surface area contributed by atoms with Crippen molar-refractivity contribution in [2.75, 3.05) is 18.1 Å². The standard InChI is InChI=1S/C10H10N2O4/c13-7-10-11(5-6-16-10)8-1-3-9(4-2-8)12(14)15/h1-4,7,10H,5-6H2. The molecule has 1 aromatic rings. The van der Waals surface area contributed by atoms with Crippen LogP contribution in [0.3, 0.4) is 0 Å². The third kappa shape index (κ3) is 1.87. The van der Waals surface area contributed by atoms with E-state index in [9.17, 15) is 14.9 Å². The largest absolute Gasteiger partial charge is 0.349 e. The van der Waals surface area contributed by atoms with Crippen molar-refractivity contribution in [3.8, 4) is 0 Å². The molecular formula is C10H10N2O4. The van der Waals surface area contributed by atoms with Gasteiger partial charge < -0.3 is 9.64 Å². The van der Waals surface area contributed by atoms with Crippen LogP contribution in [0, 0.1) is 10.1 Å². The number of hydrogen-bond donors (Lipinski definition) is 0. The molecule has 0 aliphatic carbocycles. The molecule has 1 unspecified atom stereocenters. The fourth-order valence-corrected chi connectivity index (χ4v) is 1.64. The van der Waals surface area contributed by atoms with Crippen LogP contribution >= 0.6 is 0 Å². The van der Waals surface area contributed by atoms with E-state index in [2.05, 4.69) is 0 Å². The average Bonchev–Trinajstić information content (AvgIpc) is 2.77. The Bertz CT molecular complexity index is 404. The SMILES string of the molecule is O=CC1OCCN1c1ccc([N+](=O)[O-])cc1. The third-order valence-corrected chi connectivity index (χ3v) is 2.44. The Morgan fingerprint density at radius 3 is 2.69 bits per heavy atom. The number of rotatable bonds is 3. The summed E-state index contributed by atoms with van der Waals surface area (Å²) in [5.41, 5.74) is 0.784.